The molecular weight excluding hydrogens is 346 g/mol. The smallest absolute Gasteiger partial charge is 0.374 e. The van der Waals surface area contributed by atoms with Crippen LogP contribution in [0.2, 0.25) is 0 Å². The molecule has 0 fully saturated rings. The number of para-hydroxylation sites is 1. The lowest BCUT2D eigenvalue weighted by atomic mass is 10.2. The van der Waals surface area contributed by atoms with Crippen LogP contribution in [0.4, 0.5) is 5.69 Å². The third kappa shape index (κ3) is 5.47. The summed E-state index contributed by atoms with van der Waals surface area (Å²) in [6, 6.07) is 19.7. The Morgan fingerprint density at radius 3 is 2.59 bits per heavy atom. The van der Waals surface area contributed by atoms with Crippen LogP contribution in [0.3, 0.4) is 0 Å². The van der Waals surface area contributed by atoms with Crippen LogP contribution in [-0.2, 0) is 16.1 Å². The highest BCUT2D eigenvalue weighted by Crippen LogP contribution is 2.15. The zero-order valence-electron chi connectivity index (χ0n) is 14.8. The van der Waals surface area contributed by atoms with E-state index in [2.05, 4.69) is 5.32 Å². The van der Waals surface area contributed by atoms with E-state index in [1.165, 1.54) is 6.07 Å². The molecule has 3 aromatic rings. The lowest BCUT2D eigenvalue weighted by Gasteiger charge is -2.06. The fourth-order valence-electron chi connectivity index (χ4n) is 2.36. The minimum Gasteiger partial charge on any atom is -0.486 e. The largest absolute Gasteiger partial charge is 0.486 e. The summed E-state index contributed by atoms with van der Waals surface area (Å²) in [6.45, 7) is 1.71. The van der Waals surface area contributed by atoms with Gasteiger partial charge >= 0.3 is 5.97 Å². The summed E-state index contributed by atoms with van der Waals surface area (Å²) in [5, 5.41) is 2.67. The molecule has 6 nitrogen and oxygen atoms in total. The number of ether oxygens (including phenoxy) is 2. The van der Waals surface area contributed by atoms with Gasteiger partial charge in [-0.25, -0.2) is 4.79 Å². The van der Waals surface area contributed by atoms with Crippen LogP contribution in [-0.4, -0.2) is 18.5 Å². The van der Waals surface area contributed by atoms with E-state index in [4.69, 9.17) is 13.9 Å². The van der Waals surface area contributed by atoms with Crippen LogP contribution in [0.1, 0.15) is 21.9 Å². The first-order chi connectivity index (χ1) is 13.1. The van der Waals surface area contributed by atoms with Crippen LogP contribution < -0.4 is 10.1 Å². The topological polar surface area (TPSA) is 77.8 Å². The SMILES string of the molecule is Cc1cccc(NC(=O)COC(=O)c2ccc(COc3ccccc3)o2)c1. The van der Waals surface area contributed by atoms with Crippen LogP contribution in [0, 0.1) is 6.92 Å². The van der Waals surface area contributed by atoms with Crippen molar-refractivity contribution in [1.82, 2.24) is 0 Å². The molecule has 0 unspecified atom stereocenters. The summed E-state index contributed by atoms with van der Waals surface area (Å²) in [6.07, 6.45) is 0. The van der Waals surface area contributed by atoms with Crippen molar-refractivity contribution in [3.8, 4) is 5.75 Å². The van der Waals surface area contributed by atoms with Gasteiger partial charge < -0.3 is 19.2 Å². The molecule has 0 aliphatic heterocycles. The van der Waals surface area contributed by atoms with Crippen molar-refractivity contribution in [2.24, 2.45) is 0 Å². The van der Waals surface area contributed by atoms with E-state index in [0.29, 0.717) is 17.2 Å². The zero-order valence-corrected chi connectivity index (χ0v) is 14.8. The first-order valence-corrected chi connectivity index (χ1v) is 8.40. The molecule has 0 aliphatic rings. The Labute approximate surface area is 156 Å². The Morgan fingerprint density at radius 2 is 1.81 bits per heavy atom. The maximum atomic E-state index is 12.0. The third-order valence-electron chi connectivity index (χ3n) is 3.62. The molecule has 6 heteroatoms. The molecular formula is C21H19NO5. The van der Waals surface area contributed by atoms with E-state index in [9.17, 15) is 9.59 Å². The number of amides is 1. The Balaban J connectivity index is 1.47. The molecule has 1 heterocycles. The van der Waals surface area contributed by atoms with E-state index in [0.717, 1.165) is 5.56 Å². The second-order valence-electron chi connectivity index (χ2n) is 5.86. The molecule has 1 aromatic heterocycles. The molecule has 0 bridgehead atoms. The summed E-state index contributed by atoms with van der Waals surface area (Å²) in [5.41, 5.74) is 1.67. The standard InChI is InChI=1S/C21H19NO5/c1-15-6-5-7-16(12-15)22-20(23)14-26-21(24)19-11-10-18(27-19)13-25-17-8-3-2-4-9-17/h2-12H,13-14H2,1H3,(H,22,23). The van der Waals surface area contributed by atoms with Gasteiger partial charge in [-0.3, -0.25) is 4.79 Å². The monoisotopic (exact) mass is 365 g/mol. The van der Waals surface area contributed by atoms with Gasteiger partial charge in [-0.05, 0) is 48.9 Å². The van der Waals surface area contributed by atoms with Crippen molar-refractivity contribution in [1.29, 1.82) is 0 Å². The quantitative estimate of drug-likeness (QED) is 0.641. The number of hydrogen-bond donors (Lipinski definition) is 1. The highest BCUT2D eigenvalue weighted by atomic mass is 16.6. The van der Waals surface area contributed by atoms with Gasteiger partial charge in [0.05, 0.1) is 0 Å². The number of carbonyl (C=O) groups is 2. The van der Waals surface area contributed by atoms with E-state index in [1.807, 2.05) is 55.5 Å². The second-order valence-corrected chi connectivity index (χ2v) is 5.86. The van der Waals surface area contributed by atoms with Crippen molar-refractivity contribution in [2.75, 3.05) is 11.9 Å². The number of furan rings is 1. The molecule has 3 rings (SSSR count). The van der Waals surface area contributed by atoms with E-state index in [-0.39, 0.29) is 12.4 Å². The van der Waals surface area contributed by atoms with Gasteiger partial charge in [0.25, 0.3) is 5.91 Å². The number of esters is 1. The fourth-order valence-corrected chi connectivity index (χ4v) is 2.36. The lowest BCUT2D eigenvalue weighted by molar-refractivity contribution is -0.119. The summed E-state index contributed by atoms with van der Waals surface area (Å²) in [4.78, 5) is 23.9. The summed E-state index contributed by atoms with van der Waals surface area (Å²) in [7, 11) is 0. The highest BCUT2D eigenvalue weighted by molar-refractivity contribution is 5.94. The number of nitrogens with one attached hydrogen (secondary N) is 1. The zero-order chi connectivity index (χ0) is 19.1. The number of benzene rings is 2. The number of aryl methyl sites for hydroxylation is 1. The Bertz CT molecular complexity index is 917. The van der Waals surface area contributed by atoms with Gasteiger partial charge in [0.1, 0.15) is 18.1 Å². The fraction of sp³-hybridized carbons (Fsp3) is 0.143. The van der Waals surface area contributed by atoms with E-state index in [1.54, 1.807) is 12.1 Å². The average molecular weight is 365 g/mol. The molecule has 1 amide bonds. The number of carbonyl (C=O) groups excluding carboxylic acids is 2. The van der Waals surface area contributed by atoms with Crippen molar-refractivity contribution >= 4 is 17.6 Å². The van der Waals surface area contributed by atoms with Gasteiger partial charge in [-0.15, -0.1) is 0 Å². The molecule has 0 saturated carbocycles. The molecule has 0 atom stereocenters. The van der Waals surface area contributed by atoms with Gasteiger partial charge in [-0.2, -0.15) is 0 Å². The summed E-state index contributed by atoms with van der Waals surface area (Å²) < 4.78 is 15.9. The maximum absolute atomic E-state index is 12.0. The first-order valence-electron chi connectivity index (χ1n) is 8.40. The Hall–Kier alpha value is -3.54. The van der Waals surface area contributed by atoms with Gasteiger partial charge in [0.15, 0.2) is 6.61 Å². The molecule has 0 radical (unpaired) electrons. The average Bonchev–Trinajstić information content (AvgIpc) is 3.14. The van der Waals surface area contributed by atoms with E-state index < -0.39 is 18.5 Å². The third-order valence-corrected chi connectivity index (χ3v) is 3.62. The Kier molecular flexibility index (Phi) is 5.89. The van der Waals surface area contributed by atoms with Crippen molar-refractivity contribution < 1.29 is 23.5 Å². The molecule has 1 N–H and O–H groups in total. The number of hydrogen-bond acceptors (Lipinski definition) is 5. The van der Waals surface area contributed by atoms with Gasteiger partial charge in [-0.1, -0.05) is 30.3 Å². The lowest BCUT2D eigenvalue weighted by Crippen LogP contribution is -2.20. The van der Waals surface area contributed by atoms with E-state index >= 15 is 0 Å². The van der Waals surface area contributed by atoms with Crippen LogP contribution in [0.25, 0.3) is 0 Å². The number of anilines is 1. The van der Waals surface area contributed by atoms with Gasteiger partial charge in [0.2, 0.25) is 5.76 Å². The van der Waals surface area contributed by atoms with Crippen LogP contribution >= 0.6 is 0 Å². The molecule has 2 aromatic carbocycles. The summed E-state index contributed by atoms with van der Waals surface area (Å²) in [5.74, 6) is 0.0689. The van der Waals surface area contributed by atoms with Crippen LogP contribution in [0.15, 0.2) is 71.1 Å². The first kappa shape index (κ1) is 18.3. The number of rotatable bonds is 7. The van der Waals surface area contributed by atoms with Gasteiger partial charge in [0, 0.05) is 5.69 Å². The molecule has 0 saturated heterocycles. The predicted molar refractivity (Wildman–Crippen MR) is 99.6 cm³/mol. The Morgan fingerprint density at radius 1 is 1.00 bits per heavy atom. The molecule has 138 valence electrons. The van der Waals surface area contributed by atoms with Crippen molar-refractivity contribution in [2.45, 2.75) is 13.5 Å². The summed E-state index contributed by atoms with van der Waals surface area (Å²) >= 11 is 0. The predicted octanol–water partition coefficient (Wildman–Crippen LogP) is 3.96. The van der Waals surface area contributed by atoms with Crippen molar-refractivity contribution in [3.05, 3.63) is 83.8 Å². The maximum Gasteiger partial charge on any atom is 0.374 e. The minimum atomic E-state index is -0.708. The van der Waals surface area contributed by atoms with Crippen LogP contribution in [0.5, 0.6) is 5.75 Å². The van der Waals surface area contributed by atoms with Crippen molar-refractivity contribution in [3.63, 3.8) is 0 Å². The molecule has 0 spiro atoms. The normalized spacial score (nSPS) is 10.3. The highest BCUT2D eigenvalue weighted by Gasteiger charge is 2.15. The minimum absolute atomic E-state index is 0.0185. The second kappa shape index (κ2) is 8.71. The molecule has 0 aliphatic carbocycles. The molecule has 27 heavy (non-hydrogen) atoms.